The molecule has 0 bridgehead atoms. The minimum Gasteiger partial charge on any atom is -0.497 e. The molecule has 1 aliphatic heterocycles. The summed E-state index contributed by atoms with van der Waals surface area (Å²) in [5, 5.41) is 3.16. The topological polar surface area (TPSA) is 41.6 Å². The highest BCUT2D eigenvalue weighted by atomic mass is 16.5. The van der Waals surface area contributed by atoms with Crippen LogP contribution in [0.1, 0.15) is 54.1 Å². The van der Waals surface area contributed by atoms with Gasteiger partial charge in [-0.15, -0.1) is 0 Å². The molecule has 0 aromatic heterocycles. The highest BCUT2D eigenvalue weighted by Gasteiger charge is 2.27. The summed E-state index contributed by atoms with van der Waals surface area (Å²) in [5.41, 5.74) is 4.94. The third-order valence-electron chi connectivity index (χ3n) is 5.62. The third kappa shape index (κ3) is 4.69. The summed E-state index contributed by atoms with van der Waals surface area (Å²) in [7, 11) is 1.68. The van der Waals surface area contributed by atoms with Crippen molar-refractivity contribution < 1.29 is 9.53 Å². The molecule has 4 nitrogen and oxygen atoms in total. The largest absolute Gasteiger partial charge is 0.497 e. The maximum absolute atomic E-state index is 12.6. The number of likely N-dealkylation sites (tertiary alicyclic amines) is 1. The molecule has 1 amide bonds. The Bertz CT molecular complexity index is 785. The van der Waals surface area contributed by atoms with E-state index in [0.29, 0.717) is 12.6 Å². The first kappa shape index (κ1) is 19.4. The van der Waals surface area contributed by atoms with Crippen molar-refractivity contribution in [3.8, 4) is 5.75 Å². The summed E-state index contributed by atoms with van der Waals surface area (Å²) in [4.78, 5) is 14.9. The van der Waals surface area contributed by atoms with Gasteiger partial charge >= 0.3 is 0 Å². The van der Waals surface area contributed by atoms with Gasteiger partial charge in [-0.05, 0) is 74.5 Å². The molecule has 0 spiro atoms. The van der Waals surface area contributed by atoms with Crippen molar-refractivity contribution in [1.29, 1.82) is 0 Å². The zero-order valence-corrected chi connectivity index (χ0v) is 16.8. The number of amides is 1. The van der Waals surface area contributed by atoms with E-state index in [1.54, 1.807) is 7.11 Å². The number of rotatable bonds is 6. The standard InChI is InChI=1S/C23H30N2O2/c1-16-7-8-20(14-17(16)2)18(3)24-23(26)15-25-13-5-6-22(25)19-9-11-21(27-4)12-10-19/h7-12,14,18,22H,5-6,13,15H2,1-4H3,(H,24,26)/t18-,22+/m1/s1. The average Bonchev–Trinajstić information content (AvgIpc) is 3.11. The highest BCUT2D eigenvalue weighted by molar-refractivity contribution is 5.78. The number of carbonyl (C=O) groups excluding carboxylic acids is 1. The molecule has 0 radical (unpaired) electrons. The Hall–Kier alpha value is -2.33. The Kier molecular flexibility index (Phi) is 6.17. The van der Waals surface area contributed by atoms with Crippen LogP contribution in [0.15, 0.2) is 42.5 Å². The Labute approximate surface area is 162 Å². The van der Waals surface area contributed by atoms with Gasteiger partial charge in [0.15, 0.2) is 0 Å². The van der Waals surface area contributed by atoms with Crippen LogP contribution < -0.4 is 10.1 Å². The number of ether oxygens (including phenoxy) is 1. The van der Waals surface area contributed by atoms with Crippen molar-refractivity contribution in [3.05, 3.63) is 64.7 Å². The van der Waals surface area contributed by atoms with Gasteiger partial charge < -0.3 is 10.1 Å². The van der Waals surface area contributed by atoms with Crippen LogP contribution in [0, 0.1) is 13.8 Å². The van der Waals surface area contributed by atoms with Crippen LogP contribution in [0.3, 0.4) is 0 Å². The fourth-order valence-electron chi connectivity index (χ4n) is 3.81. The Morgan fingerprint density at radius 3 is 2.59 bits per heavy atom. The van der Waals surface area contributed by atoms with E-state index in [1.807, 2.05) is 19.1 Å². The van der Waals surface area contributed by atoms with E-state index in [1.165, 1.54) is 16.7 Å². The van der Waals surface area contributed by atoms with Crippen molar-refractivity contribution >= 4 is 5.91 Å². The van der Waals surface area contributed by atoms with Crippen LogP contribution in [-0.4, -0.2) is 31.0 Å². The number of aryl methyl sites for hydroxylation is 2. The first-order chi connectivity index (χ1) is 13.0. The third-order valence-corrected chi connectivity index (χ3v) is 5.62. The number of hydrogen-bond donors (Lipinski definition) is 1. The van der Waals surface area contributed by atoms with E-state index in [2.05, 4.69) is 54.4 Å². The van der Waals surface area contributed by atoms with Crippen LogP contribution in [0.4, 0.5) is 0 Å². The van der Waals surface area contributed by atoms with E-state index in [0.717, 1.165) is 30.7 Å². The van der Waals surface area contributed by atoms with Crippen molar-refractivity contribution in [3.63, 3.8) is 0 Å². The summed E-state index contributed by atoms with van der Waals surface area (Å²) in [5.74, 6) is 0.949. The number of methoxy groups -OCH3 is 1. The quantitative estimate of drug-likeness (QED) is 0.827. The molecule has 1 saturated heterocycles. The van der Waals surface area contributed by atoms with Gasteiger partial charge in [0, 0.05) is 6.04 Å². The van der Waals surface area contributed by atoms with Crippen LogP contribution in [0.5, 0.6) is 5.75 Å². The lowest BCUT2D eigenvalue weighted by Gasteiger charge is -2.25. The Morgan fingerprint density at radius 1 is 1.19 bits per heavy atom. The zero-order chi connectivity index (χ0) is 19.4. The second kappa shape index (κ2) is 8.57. The van der Waals surface area contributed by atoms with Gasteiger partial charge in [-0.2, -0.15) is 0 Å². The molecule has 0 saturated carbocycles. The smallest absolute Gasteiger partial charge is 0.234 e. The first-order valence-corrected chi connectivity index (χ1v) is 9.72. The van der Waals surface area contributed by atoms with E-state index in [9.17, 15) is 4.79 Å². The molecular formula is C23H30N2O2. The van der Waals surface area contributed by atoms with Crippen LogP contribution in [0.2, 0.25) is 0 Å². The normalized spacial score (nSPS) is 18.3. The maximum Gasteiger partial charge on any atom is 0.234 e. The van der Waals surface area contributed by atoms with Gasteiger partial charge in [-0.25, -0.2) is 0 Å². The molecule has 1 fully saturated rings. The van der Waals surface area contributed by atoms with Crippen LogP contribution in [0.25, 0.3) is 0 Å². The number of carbonyl (C=O) groups is 1. The lowest BCUT2D eigenvalue weighted by atomic mass is 10.0. The molecule has 3 rings (SSSR count). The molecule has 0 aliphatic carbocycles. The molecule has 4 heteroatoms. The molecule has 2 aromatic rings. The summed E-state index contributed by atoms with van der Waals surface area (Å²) >= 11 is 0. The number of nitrogens with one attached hydrogen (secondary N) is 1. The molecule has 1 heterocycles. The molecule has 0 unspecified atom stereocenters. The van der Waals surface area contributed by atoms with E-state index in [4.69, 9.17) is 4.74 Å². The monoisotopic (exact) mass is 366 g/mol. The highest BCUT2D eigenvalue weighted by Crippen LogP contribution is 2.32. The Morgan fingerprint density at radius 2 is 1.93 bits per heavy atom. The van der Waals surface area contributed by atoms with Gasteiger partial charge in [0.2, 0.25) is 5.91 Å². The molecule has 144 valence electrons. The molecule has 1 aliphatic rings. The lowest BCUT2D eigenvalue weighted by molar-refractivity contribution is -0.123. The van der Waals surface area contributed by atoms with Crippen LogP contribution in [-0.2, 0) is 4.79 Å². The molecule has 1 N–H and O–H groups in total. The average molecular weight is 367 g/mol. The predicted molar refractivity (Wildman–Crippen MR) is 109 cm³/mol. The van der Waals surface area contributed by atoms with Crippen molar-refractivity contribution in [2.24, 2.45) is 0 Å². The van der Waals surface area contributed by atoms with Crippen molar-refractivity contribution in [1.82, 2.24) is 10.2 Å². The SMILES string of the molecule is COc1ccc([C@@H]2CCCN2CC(=O)N[C@H](C)c2ccc(C)c(C)c2)cc1. The van der Waals surface area contributed by atoms with Crippen molar-refractivity contribution in [2.75, 3.05) is 20.2 Å². The summed E-state index contributed by atoms with van der Waals surface area (Å²) in [6, 6.07) is 14.9. The van der Waals surface area contributed by atoms with Gasteiger partial charge in [0.25, 0.3) is 0 Å². The summed E-state index contributed by atoms with van der Waals surface area (Å²) < 4.78 is 5.25. The fraction of sp³-hybridized carbons (Fsp3) is 0.435. The molecule has 2 atom stereocenters. The van der Waals surface area contributed by atoms with E-state index in [-0.39, 0.29) is 11.9 Å². The molecular weight excluding hydrogens is 336 g/mol. The minimum absolute atomic E-state index is 0.0128. The number of nitrogens with zero attached hydrogens (tertiary/aromatic N) is 1. The number of hydrogen-bond acceptors (Lipinski definition) is 3. The summed E-state index contributed by atoms with van der Waals surface area (Å²) in [6.45, 7) is 7.66. The van der Waals surface area contributed by atoms with Crippen LogP contribution >= 0.6 is 0 Å². The van der Waals surface area contributed by atoms with Gasteiger partial charge in [0.05, 0.1) is 19.7 Å². The zero-order valence-electron chi connectivity index (χ0n) is 16.8. The summed E-state index contributed by atoms with van der Waals surface area (Å²) in [6.07, 6.45) is 2.21. The molecule has 2 aromatic carbocycles. The number of benzene rings is 2. The minimum atomic E-state index is 0.0128. The van der Waals surface area contributed by atoms with Crippen molar-refractivity contribution in [2.45, 2.75) is 45.7 Å². The second-order valence-corrected chi connectivity index (χ2v) is 7.53. The van der Waals surface area contributed by atoms with Gasteiger partial charge in [0.1, 0.15) is 5.75 Å². The molecule has 27 heavy (non-hydrogen) atoms. The lowest BCUT2D eigenvalue weighted by Crippen LogP contribution is -2.38. The predicted octanol–water partition coefficient (Wildman–Crippen LogP) is 4.33. The van der Waals surface area contributed by atoms with Gasteiger partial charge in [-0.3, -0.25) is 9.69 Å². The van der Waals surface area contributed by atoms with E-state index >= 15 is 0 Å². The Balaban J connectivity index is 1.61. The fourth-order valence-corrected chi connectivity index (χ4v) is 3.81. The first-order valence-electron chi connectivity index (χ1n) is 9.72. The van der Waals surface area contributed by atoms with E-state index < -0.39 is 0 Å². The van der Waals surface area contributed by atoms with Gasteiger partial charge in [-0.1, -0.05) is 30.3 Å². The second-order valence-electron chi connectivity index (χ2n) is 7.53. The maximum atomic E-state index is 12.6.